The largest absolute Gasteiger partial charge is 0.461 e. The van der Waals surface area contributed by atoms with Crippen LogP contribution in [-0.4, -0.2) is 24.7 Å². The Balaban J connectivity index is 1.84. The average molecular weight is 281 g/mol. The first-order valence-corrected chi connectivity index (χ1v) is 7.34. The quantitative estimate of drug-likeness (QED) is 0.615. The molecule has 1 aliphatic rings. The minimum atomic E-state index is -0.333. The number of rotatable bonds is 5. The molecule has 0 aliphatic heterocycles. The summed E-state index contributed by atoms with van der Waals surface area (Å²) in [6.45, 7) is 3.10. The fraction of sp³-hybridized carbons (Fsp3) is 0.571. The van der Waals surface area contributed by atoms with Crippen molar-refractivity contribution < 1.29 is 14.3 Å². The molecule has 0 fully saturated rings. The Kier molecular flexibility index (Phi) is 5.10. The number of hydrogen-bond donors (Lipinski definition) is 0. The van der Waals surface area contributed by atoms with Crippen LogP contribution in [0.25, 0.3) is 0 Å². The zero-order valence-electron chi connectivity index (χ0n) is 11.3. The van der Waals surface area contributed by atoms with Crippen molar-refractivity contribution in [1.29, 1.82) is 0 Å². The summed E-state index contributed by atoms with van der Waals surface area (Å²) in [4.78, 5) is 16.1. The number of allylic oxidation sites excluding steroid dienone is 2. The summed E-state index contributed by atoms with van der Waals surface area (Å²) in [6.07, 6.45) is 6.41. The number of nitrogens with zero attached hydrogens (tertiary/aromatic N) is 1. The molecule has 0 amide bonds. The van der Waals surface area contributed by atoms with E-state index in [1.54, 1.807) is 12.5 Å². The highest BCUT2D eigenvalue weighted by Crippen LogP contribution is 2.25. The molecular formula is C14H19NO3S. The third-order valence-electron chi connectivity index (χ3n) is 3.38. The van der Waals surface area contributed by atoms with Crippen molar-refractivity contribution in [3.05, 3.63) is 28.2 Å². The van der Waals surface area contributed by atoms with Crippen LogP contribution in [0.1, 0.15) is 35.3 Å². The smallest absolute Gasteiger partial charge is 0.357 e. The van der Waals surface area contributed by atoms with Crippen LogP contribution in [0.3, 0.4) is 0 Å². The second-order valence-corrected chi connectivity index (χ2v) is 5.78. The van der Waals surface area contributed by atoms with Crippen LogP contribution in [0.4, 0.5) is 0 Å². The maximum Gasteiger partial charge on any atom is 0.357 e. The first-order valence-electron chi connectivity index (χ1n) is 6.46. The SMILES string of the molecule is COCc1nc(C(=O)OC[C@@H]2CC=CC[C@H]2C)cs1. The molecular weight excluding hydrogens is 262 g/mol. The van der Waals surface area contributed by atoms with E-state index in [0.29, 0.717) is 30.7 Å². The van der Waals surface area contributed by atoms with Crippen molar-refractivity contribution in [2.75, 3.05) is 13.7 Å². The van der Waals surface area contributed by atoms with Gasteiger partial charge in [0.25, 0.3) is 0 Å². The van der Waals surface area contributed by atoms with E-state index >= 15 is 0 Å². The number of methoxy groups -OCH3 is 1. The number of carbonyl (C=O) groups excluding carboxylic acids is 1. The molecule has 19 heavy (non-hydrogen) atoms. The monoisotopic (exact) mass is 281 g/mol. The summed E-state index contributed by atoms with van der Waals surface area (Å²) in [5.74, 6) is 0.656. The molecule has 1 aliphatic carbocycles. The van der Waals surface area contributed by atoms with Crippen LogP contribution in [0.15, 0.2) is 17.5 Å². The van der Waals surface area contributed by atoms with Gasteiger partial charge in [0.1, 0.15) is 5.01 Å². The van der Waals surface area contributed by atoms with Crippen molar-refractivity contribution in [1.82, 2.24) is 4.98 Å². The summed E-state index contributed by atoms with van der Waals surface area (Å²) in [6, 6.07) is 0. The number of esters is 1. The first-order chi connectivity index (χ1) is 9.20. The molecule has 0 bridgehead atoms. The molecule has 0 saturated heterocycles. The van der Waals surface area contributed by atoms with Gasteiger partial charge < -0.3 is 9.47 Å². The minimum absolute atomic E-state index is 0.333. The summed E-state index contributed by atoms with van der Waals surface area (Å²) < 4.78 is 10.3. The Hall–Kier alpha value is -1.20. The van der Waals surface area contributed by atoms with Crippen molar-refractivity contribution in [3.63, 3.8) is 0 Å². The fourth-order valence-corrected chi connectivity index (χ4v) is 2.82. The lowest BCUT2D eigenvalue weighted by atomic mass is 9.85. The van der Waals surface area contributed by atoms with E-state index in [0.717, 1.165) is 17.8 Å². The highest BCUT2D eigenvalue weighted by molar-refractivity contribution is 7.09. The van der Waals surface area contributed by atoms with Gasteiger partial charge in [0.2, 0.25) is 0 Å². The van der Waals surface area contributed by atoms with Crippen molar-refractivity contribution >= 4 is 17.3 Å². The van der Waals surface area contributed by atoms with Gasteiger partial charge in [-0.15, -0.1) is 11.3 Å². The lowest BCUT2D eigenvalue weighted by Gasteiger charge is -2.24. The molecule has 2 atom stereocenters. The summed E-state index contributed by atoms with van der Waals surface area (Å²) in [5, 5.41) is 2.52. The van der Waals surface area contributed by atoms with Crippen LogP contribution in [-0.2, 0) is 16.1 Å². The number of ether oxygens (including phenoxy) is 2. The van der Waals surface area contributed by atoms with Gasteiger partial charge in [-0.25, -0.2) is 9.78 Å². The topological polar surface area (TPSA) is 48.4 Å². The Morgan fingerprint density at radius 3 is 3.00 bits per heavy atom. The van der Waals surface area contributed by atoms with Gasteiger partial charge in [-0.1, -0.05) is 19.1 Å². The molecule has 5 heteroatoms. The molecule has 0 unspecified atom stereocenters. The molecule has 0 saturated carbocycles. The molecule has 1 heterocycles. The van der Waals surface area contributed by atoms with Crippen LogP contribution in [0.2, 0.25) is 0 Å². The lowest BCUT2D eigenvalue weighted by Crippen LogP contribution is -2.21. The zero-order valence-corrected chi connectivity index (χ0v) is 12.1. The highest BCUT2D eigenvalue weighted by Gasteiger charge is 2.21. The van der Waals surface area contributed by atoms with Gasteiger partial charge >= 0.3 is 5.97 Å². The van der Waals surface area contributed by atoms with Crippen LogP contribution >= 0.6 is 11.3 Å². The third-order valence-corrected chi connectivity index (χ3v) is 4.20. The lowest BCUT2D eigenvalue weighted by molar-refractivity contribution is 0.0389. The van der Waals surface area contributed by atoms with Gasteiger partial charge in [0.15, 0.2) is 5.69 Å². The molecule has 1 aromatic heterocycles. The van der Waals surface area contributed by atoms with E-state index in [4.69, 9.17) is 9.47 Å². The van der Waals surface area contributed by atoms with Crippen LogP contribution < -0.4 is 0 Å². The molecule has 4 nitrogen and oxygen atoms in total. The van der Waals surface area contributed by atoms with E-state index in [1.165, 1.54) is 11.3 Å². The molecule has 104 valence electrons. The summed E-state index contributed by atoms with van der Waals surface area (Å²) in [5.41, 5.74) is 0.385. The molecule has 0 N–H and O–H groups in total. The van der Waals surface area contributed by atoms with Gasteiger partial charge in [-0.2, -0.15) is 0 Å². The maximum atomic E-state index is 11.9. The van der Waals surface area contributed by atoms with E-state index in [1.807, 2.05) is 0 Å². The van der Waals surface area contributed by atoms with Gasteiger partial charge in [-0.3, -0.25) is 0 Å². The fourth-order valence-electron chi connectivity index (χ4n) is 2.09. The van der Waals surface area contributed by atoms with Crippen LogP contribution in [0.5, 0.6) is 0 Å². The number of thiazole rings is 1. The van der Waals surface area contributed by atoms with Gasteiger partial charge in [0, 0.05) is 12.5 Å². The van der Waals surface area contributed by atoms with Crippen molar-refractivity contribution in [3.8, 4) is 0 Å². The number of aromatic nitrogens is 1. The van der Waals surface area contributed by atoms with Crippen LogP contribution in [0, 0.1) is 11.8 Å². The molecule has 2 rings (SSSR count). The standard InChI is InChI=1S/C14H19NO3S/c1-10-5-3-4-6-11(10)7-18-14(16)12-9-19-13(15-12)8-17-2/h3-4,9-11H,5-8H2,1-2H3/t10-,11+/m1/s1. The normalized spacial score (nSPS) is 22.4. The molecule has 0 spiro atoms. The third kappa shape index (κ3) is 3.88. The Morgan fingerprint density at radius 2 is 2.26 bits per heavy atom. The predicted molar refractivity (Wildman–Crippen MR) is 74.1 cm³/mol. The number of hydrogen-bond acceptors (Lipinski definition) is 5. The number of carbonyl (C=O) groups is 1. The van der Waals surface area contributed by atoms with Crippen molar-refractivity contribution in [2.45, 2.75) is 26.4 Å². The Morgan fingerprint density at radius 1 is 1.47 bits per heavy atom. The predicted octanol–water partition coefficient (Wildman–Crippen LogP) is 3.05. The molecule has 0 aromatic carbocycles. The Bertz CT molecular complexity index is 455. The second kappa shape index (κ2) is 6.82. The maximum absolute atomic E-state index is 11.9. The average Bonchev–Trinajstić information content (AvgIpc) is 2.87. The summed E-state index contributed by atoms with van der Waals surface area (Å²) in [7, 11) is 1.61. The molecule has 1 aromatic rings. The first kappa shape index (κ1) is 14.2. The van der Waals surface area contributed by atoms with Gasteiger partial charge in [-0.05, 0) is 24.7 Å². The zero-order chi connectivity index (χ0) is 13.7. The van der Waals surface area contributed by atoms with E-state index in [-0.39, 0.29) is 5.97 Å². The van der Waals surface area contributed by atoms with E-state index in [9.17, 15) is 4.79 Å². The highest BCUT2D eigenvalue weighted by atomic mass is 32.1. The van der Waals surface area contributed by atoms with E-state index < -0.39 is 0 Å². The molecule has 0 radical (unpaired) electrons. The Labute approximate surface area is 117 Å². The summed E-state index contributed by atoms with van der Waals surface area (Å²) >= 11 is 1.42. The second-order valence-electron chi connectivity index (χ2n) is 4.84. The van der Waals surface area contributed by atoms with E-state index in [2.05, 4.69) is 24.1 Å². The minimum Gasteiger partial charge on any atom is -0.461 e. The van der Waals surface area contributed by atoms with Crippen molar-refractivity contribution in [2.24, 2.45) is 11.8 Å². The van der Waals surface area contributed by atoms with Gasteiger partial charge in [0.05, 0.1) is 13.2 Å².